The lowest BCUT2D eigenvalue weighted by Gasteiger charge is -2.20. The average molecular weight is 266 g/mol. The highest BCUT2D eigenvalue weighted by Gasteiger charge is 2.29. The van der Waals surface area contributed by atoms with Crippen LogP contribution in [0.5, 0.6) is 0 Å². The number of rotatable bonds is 1. The number of aryl methyl sites for hydroxylation is 1. The lowest BCUT2D eigenvalue weighted by Crippen LogP contribution is -2.40. The summed E-state index contributed by atoms with van der Waals surface area (Å²) in [5, 5.41) is -0.568. The summed E-state index contributed by atoms with van der Waals surface area (Å²) in [6.07, 6.45) is 2.36. The molecule has 1 aliphatic rings. The van der Waals surface area contributed by atoms with Crippen LogP contribution in [0.1, 0.15) is 35.2 Å². The van der Waals surface area contributed by atoms with Crippen LogP contribution in [-0.4, -0.2) is 28.6 Å². The number of hydrogen-bond donors (Lipinski definition) is 0. The molecular weight excluding hydrogens is 250 g/mol. The van der Waals surface area contributed by atoms with E-state index in [1.54, 1.807) is 12.1 Å². The topological polar surface area (TPSA) is 37.4 Å². The van der Waals surface area contributed by atoms with E-state index in [4.69, 9.17) is 11.6 Å². The zero-order chi connectivity index (χ0) is 13.1. The van der Waals surface area contributed by atoms with E-state index in [1.165, 1.54) is 4.90 Å². The second-order valence-electron chi connectivity index (χ2n) is 4.62. The fourth-order valence-electron chi connectivity index (χ4n) is 2.05. The summed E-state index contributed by atoms with van der Waals surface area (Å²) in [6.45, 7) is 2.43. The molecule has 1 aliphatic heterocycles. The van der Waals surface area contributed by atoms with Gasteiger partial charge in [-0.1, -0.05) is 17.7 Å². The first-order valence-corrected chi connectivity index (χ1v) is 6.59. The van der Waals surface area contributed by atoms with E-state index in [0.717, 1.165) is 18.4 Å². The molecule has 0 aromatic heterocycles. The highest BCUT2D eigenvalue weighted by Crippen LogP contribution is 2.19. The molecule has 1 aromatic carbocycles. The first-order valence-electron chi connectivity index (χ1n) is 6.16. The van der Waals surface area contributed by atoms with Crippen molar-refractivity contribution in [3.8, 4) is 0 Å². The van der Waals surface area contributed by atoms with Crippen molar-refractivity contribution in [1.29, 1.82) is 0 Å². The largest absolute Gasteiger partial charge is 0.277 e. The van der Waals surface area contributed by atoms with Crippen LogP contribution in [0.2, 0.25) is 0 Å². The van der Waals surface area contributed by atoms with Gasteiger partial charge in [0.15, 0.2) is 0 Å². The molecule has 1 aromatic rings. The molecule has 0 spiro atoms. The van der Waals surface area contributed by atoms with Gasteiger partial charge in [-0.2, -0.15) is 0 Å². The maximum absolute atomic E-state index is 12.3. The molecule has 1 fully saturated rings. The van der Waals surface area contributed by atoms with Gasteiger partial charge >= 0.3 is 0 Å². The lowest BCUT2D eigenvalue weighted by molar-refractivity contribution is -0.127. The van der Waals surface area contributed by atoms with E-state index < -0.39 is 5.38 Å². The number of amides is 2. The van der Waals surface area contributed by atoms with E-state index >= 15 is 0 Å². The predicted octanol–water partition coefficient (Wildman–Crippen LogP) is 2.76. The maximum Gasteiger partial charge on any atom is 0.260 e. The van der Waals surface area contributed by atoms with Gasteiger partial charge in [-0.05, 0) is 38.3 Å². The second-order valence-corrected chi connectivity index (χ2v) is 5.15. The van der Waals surface area contributed by atoms with Crippen molar-refractivity contribution in [2.75, 3.05) is 6.54 Å². The molecule has 2 rings (SSSR count). The van der Waals surface area contributed by atoms with Crippen molar-refractivity contribution in [1.82, 2.24) is 4.90 Å². The van der Waals surface area contributed by atoms with Gasteiger partial charge in [0.2, 0.25) is 5.91 Å². The molecule has 1 saturated heterocycles. The number of nitrogens with zero attached hydrogens (tertiary/aromatic N) is 1. The summed E-state index contributed by atoms with van der Waals surface area (Å²) in [5.74, 6) is -0.507. The van der Waals surface area contributed by atoms with Crippen molar-refractivity contribution in [2.24, 2.45) is 0 Å². The van der Waals surface area contributed by atoms with Gasteiger partial charge in [0, 0.05) is 12.1 Å². The molecule has 0 saturated carbocycles. The summed E-state index contributed by atoms with van der Waals surface area (Å²) in [7, 11) is 0. The lowest BCUT2D eigenvalue weighted by atomic mass is 10.1. The van der Waals surface area contributed by atoms with Crippen molar-refractivity contribution < 1.29 is 9.59 Å². The quantitative estimate of drug-likeness (QED) is 0.578. The van der Waals surface area contributed by atoms with Crippen LogP contribution in [-0.2, 0) is 4.79 Å². The number of halogens is 1. The van der Waals surface area contributed by atoms with Crippen LogP contribution in [0, 0.1) is 6.92 Å². The summed E-state index contributed by atoms with van der Waals surface area (Å²) in [5.41, 5.74) is 1.63. The Morgan fingerprint density at radius 2 is 1.94 bits per heavy atom. The highest BCUT2D eigenvalue weighted by molar-refractivity contribution is 6.32. The normalized spacial score (nSPS) is 20.7. The minimum atomic E-state index is -0.568. The van der Waals surface area contributed by atoms with Crippen LogP contribution in [0.15, 0.2) is 24.3 Å². The molecule has 96 valence electrons. The fraction of sp³-hybridized carbons (Fsp3) is 0.429. The standard InChI is InChI=1S/C14H16ClNO2/c1-10-5-7-11(8-6-10)13(17)16-9-3-2-4-12(15)14(16)18/h5-8,12H,2-4,9H2,1H3. The van der Waals surface area contributed by atoms with Crippen molar-refractivity contribution >= 4 is 23.4 Å². The zero-order valence-electron chi connectivity index (χ0n) is 10.4. The molecule has 0 bridgehead atoms. The molecule has 0 N–H and O–H groups in total. The number of hydrogen-bond acceptors (Lipinski definition) is 2. The Balaban J connectivity index is 2.21. The molecule has 0 radical (unpaired) electrons. The molecule has 3 nitrogen and oxygen atoms in total. The average Bonchev–Trinajstić information content (AvgIpc) is 2.53. The monoisotopic (exact) mass is 265 g/mol. The van der Waals surface area contributed by atoms with Gasteiger partial charge in [0.05, 0.1) is 0 Å². The Bertz CT molecular complexity index is 455. The number of alkyl halides is 1. The highest BCUT2D eigenvalue weighted by atomic mass is 35.5. The second kappa shape index (κ2) is 5.53. The smallest absolute Gasteiger partial charge is 0.260 e. The summed E-state index contributed by atoms with van der Waals surface area (Å²) < 4.78 is 0. The van der Waals surface area contributed by atoms with Crippen molar-refractivity contribution in [2.45, 2.75) is 31.6 Å². The Morgan fingerprint density at radius 3 is 2.61 bits per heavy atom. The summed E-state index contributed by atoms with van der Waals surface area (Å²) in [6, 6.07) is 7.24. The Labute approximate surface area is 112 Å². The molecule has 4 heteroatoms. The van der Waals surface area contributed by atoms with E-state index in [2.05, 4.69) is 0 Å². The third-order valence-corrected chi connectivity index (χ3v) is 3.57. The molecule has 1 heterocycles. The molecular formula is C14H16ClNO2. The van der Waals surface area contributed by atoms with Crippen molar-refractivity contribution in [3.63, 3.8) is 0 Å². The van der Waals surface area contributed by atoms with E-state index in [9.17, 15) is 9.59 Å². The van der Waals surface area contributed by atoms with E-state index in [0.29, 0.717) is 18.5 Å². The molecule has 2 amide bonds. The molecule has 18 heavy (non-hydrogen) atoms. The minimum Gasteiger partial charge on any atom is -0.277 e. The van der Waals surface area contributed by atoms with Crippen LogP contribution < -0.4 is 0 Å². The molecule has 1 atom stereocenters. The molecule has 0 aliphatic carbocycles. The Hall–Kier alpha value is -1.35. The SMILES string of the molecule is Cc1ccc(C(=O)N2CCCCC(Cl)C2=O)cc1. The number of benzene rings is 1. The van der Waals surface area contributed by atoms with Gasteiger partial charge in [-0.15, -0.1) is 11.6 Å². The Kier molecular flexibility index (Phi) is 4.02. The van der Waals surface area contributed by atoms with Crippen LogP contribution in [0.25, 0.3) is 0 Å². The number of likely N-dealkylation sites (tertiary alicyclic amines) is 1. The number of imide groups is 1. The molecule has 1 unspecified atom stereocenters. The fourth-order valence-corrected chi connectivity index (χ4v) is 2.32. The minimum absolute atomic E-state index is 0.243. The van der Waals surface area contributed by atoms with Gasteiger partial charge < -0.3 is 0 Å². The van der Waals surface area contributed by atoms with Crippen LogP contribution in [0.3, 0.4) is 0 Å². The van der Waals surface area contributed by atoms with Crippen LogP contribution >= 0.6 is 11.6 Å². The Morgan fingerprint density at radius 1 is 1.28 bits per heavy atom. The van der Waals surface area contributed by atoms with Crippen molar-refractivity contribution in [3.05, 3.63) is 35.4 Å². The third kappa shape index (κ3) is 2.72. The first kappa shape index (κ1) is 13.1. The van der Waals surface area contributed by atoms with Gasteiger partial charge in [0.25, 0.3) is 5.91 Å². The summed E-state index contributed by atoms with van der Waals surface area (Å²) in [4.78, 5) is 25.6. The van der Waals surface area contributed by atoms with Crippen LogP contribution in [0.4, 0.5) is 0 Å². The van der Waals surface area contributed by atoms with Gasteiger partial charge in [-0.3, -0.25) is 14.5 Å². The number of carbonyl (C=O) groups is 2. The van der Waals surface area contributed by atoms with E-state index in [-0.39, 0.29) is 11.8 Å². The third-order valence-electron chi connectivity index (χ3n) is 3.17. The number of carbonyl (C=O) groups excluding carboxylic acids is 2. The van der Waals surface area contributed by atoms with Gasteiger partial charge in [0.1, 0.15) is 5.38 Å². The van der Waals surface area contributed by atoms with E-state index in [1.807, 2.05) is 19.1 Å². The zero-order valence-corrected chi connectivity index (χ0v) is 11.1. The van der Waals surface area contributed by atoms with Gasteiger partial charge in [-0.25, -0.2) is 0 Å². The summed E-state index contributed by atoms with van der Waals surface area (Å²) >= 11 is 5.98. The maximum atomic E-state index is 12.3. The first-order chi connectivity index (χ1) is 8.59. The predicted molar refractivity (Wildman–Crippen MR) is 70.7 cm³/mol.